The summed E-state index contributed by atoms with van der Waals surface area (Å²) in [6, 6.07) is 63.4. The Labute approximate surface area is 333 Å². The molecule has 0 saturated heterocycles. The molecule has 0 spiro atoms. The highest BCUT2D eigenvalue weighted by Gasteiger charge is 2.35. The van der Waals surface area contributed by atoms with Gasteiger partial charge in [-0.15, -0.1) is 11.3 Å². The van der Waals surface area contributed by atoms with E-state index in [1.54, 1.807) is 0 Å². The van der Waals surface area contributed by atoms with Gasteiger partial charge in [-0.2, -0.15) is 0 Å². The molecule has 13 rings (SSSR count). The minimum atomic E-state index is 0.00548. The van der Waals surface area contributed by atoms with Gasteiger partial charge < -0.3 is 4.42 Å². The molecule has 2 aromatic heterocycles. The largest absolute Gasteiger partial charge is 0.455 e. The van der Waals surface area contributed by atoms with E-state index in [0.717, 1.165) is 27.3 Å². The molecule has 12 aromatic rings. The Bertz CT molecular complexity index is 3720. The smallest absolute Gasteiger partial charge is 0.143 e. The summed E-state index contributed by atoms with van der Waals surface area (Å²) in [5, 5.41) is 14.6. The van der Waals surface area contributed by atoms with Gasteiger partial charge in [-0.25, -0.2) is 0 Å². The molecule has 2 heterocycles. The molecule has 0 aliphatic heterocycles. The third-order valence-electron chi connectivity index (χ3n) is 13.0. The Balaban J connectivity index is 0.986. The molecule has 2 heteroatoms. The molecule has 0 amide bonds. The molecule has 0 radical (unpaired) electrons. The average molecular weight is 743 g/mol. The van der Waals surface area contributed by atoms with Crippen molar-refractivity contribution < 1.29 is 4.42 Å². The maximum Gasteiger partial charge on any atom is 0.143 e. The van der Waals surface area contributed by atoms with Crippen LogP contribution < -0.4 is 0 Å². The quantitative estimate of drug-likeness (QED) is 0.161. The zero-order chi connectivity index (χ0) is 37.6. The third-order valence-corrected chi connectivity index (χ3v) is 14.2. The molecule has 57 heavy (non-hydrogen) atoms. The number of furan rings is 1. The summed E-state index contributed by atoms with van der Waals surface area (Å²) in [6.07, 6.45) is 0. The Kier molecular flexibility index (Phi) is 6.18. The first-order chi connectivity index (χ1) is 28.0. The second-order valence-electron chi connectivity index (χ2n) is 16.4. The van der Waals surface area contributed by atoms with E-state index in [4.69, 9.17) is 4.42 Å². The zero-order valence-corrected chi connectivity index (χ0v) is 32.3. The van der Waals surface area contributed by atoms with Gasteiger partial charge >= 0.3 is 0 Å². The van der Waals surface area contributed by atoms with Gasteiger partial charge in [-0.3, -0.25) is 0 Å². The van der Waals surface area contributed by atoms with Crippen LogP contribution in [0.2, 0.25) is 0 Å². The van der Waals surface area contributed by atoms with Crippen molar-refractivity contribution in [2.24, 2.45) is 0 Å². The minimum Gasteiger partial charge on any atom is -0.455 e. The molecule has 0 saturated carbocycles. The molecule has 1 nitrogen and oxygen atoms in total. The van der Waals surface area contributed by atoms with Crippen LogP contribution in [0.3, 0.4) is 0 Å². The summed E-state index contributed by atoms with van der Waals surface area (Å²) in [6.45, 7) is 4.69. The summed E-state index contributed by atoms with van der Waals surface area (Å²) in [5.41, 5.74) is 12.4. The Morgan fingerprint density at radius 3 is 1.68 bits per heavy atom. The minimum absolute atomic E-state index is 0.00548. The van der Waals surface area contributed by atoms with Crippen LogP contribution in [-0.2, 0) is 5.41 Å². The Morgan fingerprint density at radius 2 is 0.895 bits per heavy atom. The van der Waals surface area contributed by atoms with Crippen LogP contribution in [0.1, 0.15) is 25.0 Å². The standard InChI is InChI=1S/C55H34OS/c1-55(2)48-14-8-7-13-39(48)45-28-33(17-24-49(45)55)35-19-26-51-47(30-35)46-29-34(18-25-50(46)57-51)32-16-20-41-44(27-32)38-12-6-5-11-37(38)40-22-23-43-42-21-15-31-9-3-4-10-36(31)53(42)56-54(43)52(40)41/h3-30H,1-2H3. The van der Waals surface area contributed by atoms with E-state index in [2.05, 4.69) is 184 Å². The van der Waals surface area contributed by atoms with Gasteiger partial charge in [0.15, 0.2) is 0 Å². The van der Waals surface area contributed by atoms with Crippen LogP contribution in [0, 0.1) is 0 Å². The van der Waals surface area contributed by atoms with Gasteiger partial charge in [0.1, 0.15) is 11.2 Å². The van der Waals surface area contributed by atoms with Gasteiger partial charge in [-0.05, 0) is 125 Å². The maximum atomic E-state index is 6.92. The van der Waals surface area contributed by atoms with E-state index in [1.165, 1.54) is 102 Å². The fraction of sp³-hybridized carbons (Fsp3) is 0.0545. The number of rotatable bonds is 2. The van der Waals surface area contributed by atoms with E-state index in [1.807, 2.05) is 11.3 Å². The normalized spacial score (nSPS) is 13.6. The second kappa shape index (κ2) is 11.2. The van der Waals surface area contributed by atoms with Crippen LogP contribution in [0.4, 0.5) is 0 Å². The van der Waals surface area contributed by atoms with Crippen molar-refractivity contribution in [1.82, 2.24) is 0 Å². The summed E-state index contributed by atoms with van der Waals surface area (Å²) >= 11 is 1.88. The molecule has 0 fully saturated rings. The van der Waals surface area contributed by atoms with Gasteiger partial charge in [-0.1, -0.05) is 135 Å². The van der Waals surface area contributed by atoms with Crippen LogP contribution >= 0.6 is 11.3 Å². The van der Waals surface area contributed by atoms with Crippen LogP contribution in [0.5, 0.6) is 0 Å². The SMILES string of the molecule is CC1(C)c2ccccc2-c2cc(-c3ccc4sc5ccc(-c6ccc7c(c6)c6ccccc6c6ccc8c9ccc%10ccccc%10c9oc8c67)cc5c4c3)ccc21. The fourth-order valence-corrected chi connectivity index (χ4v) is 11.3. The van der Waals surface area contributed by atoms with E-state index >= 15 is 0 Å². The predicted molar refractivity (Wildman–Crippen MR) is 245 cm³/mol. The van der Waals surface area contributed by atoms with Gasteiger partial charge in [0.2, 0.25) is 0 Å². The van der Waals surface area contributed by atoms with Crippen molar-refractivity contribution >= 4 is 96.5 Å². The van der Waals surface area contributed by atoms with Crippen molar-refractivity contribution in [3.63, 3.8) is 0 Å². The highest BCUT2D eigenvalue weighted by Crippen LogP contribution is 2.50. The predicted octanol–water partition coefficient (Wildman–Crippen LogP) is 16.2. The molecule has 266 valence electrons. The summed E-state index contributed by atoms with van der Waals surface area (Å²) in [4.78, 5) is 0. The topological polar surface area (TPSA) is 13.1 Å². The maximum absolute atomic E-state index is 6.92. The zero-order valence-electron chi connectivity index (χ0n) is 31.5. The van der Waals surface area contributed by atoms with Gasteiger partial charge in [0.25, 0.3) is 0 Å². The van der Waals surface area contributed by atoms with Gasteiger partial charge in [0.05, 0.1) is 0 Å². The van der Waals surface area contributed by atoms with Crippen molar-refractivity contribution in [3.05, 3.63) is 181 Å². The monoisotopic (exact) mass is 742 g/mol. The van der Waals surface area contributed by atoms with Gasteiger partial charge in [0, 0.05) is 47.1 Å². The number of thiophene rings is 1. The van der Waals surface area contributed by atoms with E-state index in [9.17, 15) is 0 Å². The molecule has 0 atom stereocenters. The number of benzene rings is 10. The highest BCUT2D eigenvalue weighted by atomic mass is 32.1. The number of hydrogen-bond donors (Lipinski definition) is 0. The second-order valence-corrected chi connectivity index (χ2v) is 17.5. The third kappa shape index (κ3) is 4.28. The average Bonchev–Trinajstić information content (AvgIpc) is 3.90. The van der Waals surface area contributed by atoms with Crippen LogP contribution in [0.15, 0.2) is 174 Å². The first-order valence-corrected chi connectivity index (χ1v) is 20.6. The molecular weight excluding hydrogens is 709 g/mol. The Hall–Kier alpha value is -6.74. The molecule has 1 aliphatic carbocycles. The first-order valence-electron chi connectivity index (χ1n) is 19.8. The van der Waals surface area contributed by atoms with Crippen LogP contribution in [0.25, 0.3) is 119 Å². The molecule has 1 aliphatic rings. The summed E-state index contributed by atoms with van der Waals surface area (Å²) in [5.74, 6) is 0. The first kappa shape index (κ1) is 31.5. The molecule has 0 N–H and O–H groups in total. The highest BCUT2D eigenvalue weighted by molar-refractivity contribution is 7.25. The van der Waals surface area contributed by atoms with Crippen molar-refractivity contribution in [2.45, 2.75) is 19.3 Å². The lowest BCUT2D eigenvalue weighted by atomic mass is 9.82. The van der Waals surface area contributed by atoms with Crippen molar-refractivity contribution in [1.29, 1.82) is 0 Å². The lowest BCUT2D eigenvalue weighted by Crippen LogP contribution is -2.14. The van der Waals surface area contributed by atoms with Crippen molar-refractivity contribution in [3.8, 4) is 33.4 Å². The summed E-state index contributed by atoms with van der Waals surface area (Å²) in [7, 11) is 0. The molecule has 10 aromatic carbocycles. The number of fused-ring (bicyclic) bond motifs is 18. The van der Waals surface area contributed by atoms with E-state index < -0.39 is 0 Å². The Morgan fingerprint density at radius 1 is 0.368 bits per heavy atom. The number of hydrogen-bond acceptors (Lipinski definition) is 2. The molecule has 0 unspecified atom stereocenters. The van der Waals surface area contributed by atoms with E-state index in [0.29, 0.717) is 0 Å². The molecule has 0 bridgehead atoms. The van der Waals surface area contributed by atoms with E-state index in [-0.39, 0.29) is 5.41 Å². The van der Waals surface area contributed by atoms with Crippen molar-refractivity contribution in [2.75, 3.05) is 0 Å². The molecular formula is C55H34OS. The fourth-order valence-electron chi connectivity index (χ4n) is 10.2. The lowest BCUT2D eigenvalue weighted by molar-refractivity contribution is 0.660. The van der Waals surface area contributed by atoms with Crippen LogP contribution in [-0.4, -0.2) is 0 Å². The summed E-state index contributed by atoms with van der Waals surface area (Å²) < 4.78 is 9.55. The lowest BCUT2D eigenvalue weighted by Gasteiger charge is -2.21.